The van der Waals surface area contributed by atoms with Crippen molar-refractivity contribution in [2.24, 2.45) is 18.9 Å². The molecular weight excluding hydrogens is 1020 g/mol. The second kappa shape index (κ2) is 20.6. The number of nitrogens with zero attached hydrogens (tertiary/aromatic N) is 9. The Morgan fingerprint density at radius 1 is 0.775 bits per heavy atom. The summed E-state index contributed by atoms with van der Waals surface area (Å²) in [6.45, 7) is 8.20. The average Bonchev–Trinajstić information content (AvgIpc) is 4.32. The van der Waals surface area contributed by atoms with Gasteiger partial charge in [0.2, 0.25) is 29.5 Å². The summed E-state index contributed by atoms with van der Waals surface area (Å²) < 4.78 is 20.2. The Hall–Kier alpha value is -7.41. The first-order valence-corrected chi connectivity index (χ1v) is 29.2. The summed E-state index contributed by atoms with van der Waals surface area (Å²) in [6, 6.07) is 20.4. The number of halogens is 1. The molecule has 2 saturated carbocycles. The highest BCUT2D eigenvalue weighted by molar-refractivity contribution is 6.10. The second-order valence-electron chi connectivity index (χ2n) is 24.1. The lowest BCUT2D eigenvalue weighted by molar-refractivity contribution is -0.140. The monoisotopic (exact) mass is 1090 g/mol. The highest BCUT2D eigenvalue weighted by atomic mass is 19.1. The van der Waals surface area contributed by atoms with Gasteiger partial charge in [0.05, 0.1) is 51.3 Å². The first kappa shape index (κ1) is 52.0. The summed E-state index contributed by atoms with van der Waals surface area (Å²) >= 11 is 0. The van der Waals surface area contributed by atoms with Crippen LogP contribution in [0.25, 0.3) is 33.3 Å². The molecule has 18 nitrogen and oxygen atoms in total. The van der Waals surface area contributed by atoms with Gasteiger partial charge in [-0.25, -0.2) is 19.2 Å². The summed E-state index contributed by atoms with van der Waals surface area (Å²) in [4.78, 5) is 101. The number of hydrogen-bond donors (Lipinski definition) is 3. The van der Waals surface area contributed by atoms with E-state index in [0.29, 0.717) is 92.6 Å². The van der Waals surface area contributed by atoms with Crippen LogP contribution in [0.15, 0.2) is 77.9 Å². The van der Waals surface area contributed by atoms with Gasteiger partial charge < -0.3 is 34.8 Å². The molecule has 1 spiro atoms. The highest BCUT2D eigenvalue weighted by Gasteiger charge is 2.56. The van der Waals surface area contributed by atoms with Gasteiger partial charge in [-0.3, -0.25) is 38.4 Å². The minimum absolute atomic E-state index is 0.0560. The molecule has 2 aliphatic carbocycles. The number of imidazole rings is 2. The zero-order chi connectivity index (χ0) is 55.1. The van der Waals surface area contributed by atoms with Crippen LogP contribution in [0.2, 0.25) is 0 Å². The molecule has 2 atom stereocenters. The number of likely N-dealkylation sites (tertiary alicyclic amines) is 3. The smallest absolute Gasteiger partial charge is 0.329 e. The summed E-state index contributed by atoms with van der Waals surface area (Å²) in [6.07, 6.45) is 12.3. The number of nitrogens with one attached hydrogen (secondary N) is 3. The van der Waals surface area contributed by atoms with E-state index < -0.39 is 17.4 Å². The number of carbonyl (C=O) groups excluding carboxylic acids is 5. The number of aromatic nitrogens is 5. The fraction of sp³-hybridized carbons (Fsp3) is 0.508. The third-order valence-corrected chi connectivity index (χ3v) is 19.1. The molecule has 8 heterocycles. The first-order chi connectivity index (χ1) is 38.7. The van der Waals surface area contributed by atoms with Crippen molar-refractivity contribution in [1.82, 2.24) is 43.7 Å². The number of hydrogen-bond acceptors (Lipinski definition) is 11. The average molecular weight is 1090 g/mol. The van der Waals surface area contributed by atoms with Crippen LogP contribution >= 0.6 is 0 Å². The van der Waals surface area contributed by atoms with Gasteiger partial charge in [-0.05, 0) is 146 Å². The van der Waals surface area contributed by atoms with E-state index in [1.165, 1.54) is 29.9 Å². The summed E-state index contributed by atoms with van der Waals surface area (Å²) in [7, 11) is 1.69. The van der Waals surface area contributed by atoms with Crippen molar-refractivity contribution in [3.8, 4) is 11.3 Å². The van der Waals surface area contributed by atoms with E-state index in [-0.39, 0.29) is 77.9 Å². The number of piperidine rings is 3. The first-order valence-electron chi connectivity index (χ1n) is 29.2. The van der Waals surface area contributed by atoms with Gasteiger partial charge in [0.15, 0.2) is 5.82 Å². The van der Waals surface area contributed by atoms with Crippen LogP contribution in [-0.2, 0) is 36.4 Å². The molecule has 7 aliphatic rings. The molecule has 1 unspecified atom stereocenters. The molecule has 6 fully saturated rings. The van der Waals surface area contributed by atoms with Crippen molar-refractivity contribution < 1.29 is 28.4 Å². The molecule has 4 saturated heterocycles. The molecule has 5 aliphatic heterocycles. The summed E-state index contributed by atoms with van der Waals surface area (Å²) in [5, 5.41) is 9.31. The number of rotatable bonds is 11. The topological polar surface area (TPSA) is 192 Å². The third kappa shape index (κ3) is 8.94. The van der Waals surface area contributed by atoms with E-state index in [1.54, 1.807) is 36.1 Å². The van der Waals surface area contributed by atoms with Gasteiger partial charge in [0.25, 0.3) is 0 Å². The maximum atomic E-state index is 15.4. The van der Waals surface area contributed by atoms with Crippen LogP contribution in [-0.4, -0.2) is 125 Å². The molecule has 6 aromatic rings. The van der Waals surface area contributed by atoms with Crippen LogP contribution in [0.3, 0.4) is 0 Å². The molecule has 3 N–H and O–H groups in total. The molecular formula is C61H71FN12O6. The SMILES string of the molecule is CC(C)n1cnc2cc(-c3ccc4c(c3)N(C3CC(N5CCCCC5)C3)C(=O)C43CCN(C(=O)[C@H]4CCN(C(=O)C5CCC(Nc6cccc7c6n(C)c(=O)n7C6CCC(=O)NC6=O)CC5)C4)CC3)nc(Nc3ccccc3F)c21. The van der Waals surface area contributed by atoms with Crippen molar-refractivity contribution in [2.45, 2.75) is 139 Å². The molecule has 80 heavy (non-hydrogen) atoms. The largest absolute Gasteiger partial charge is 0.381 e. The fourth-order valence-electron chi connectivity index (χ4n) is 14.6. The summed E-state index contributed by atoms with van der Waals surface area (Å²) in [5.41, 5.74) is 6.23. The number of aryl methyl sites for hydroxylation is 1. The van der Waals surface area contributed by atoms with Crippen LogP contribution in [0, 0.1) is 17.7 Å². The Morgan fingerprint density at radius 3 is 2.27 bits per heavy atom. The van der Waals surface area contributed by atoms with Gasteiger partial charge >= 0.3 is 5.69 Å². The maximum Gasteiger partial charge on any atom is 0.329 e. The number of para-hydroxylation sites is 2. The molecule has 13 rings (SSSR count). The number of anilines is 4. The number of fused-ring (bicyclic) bond motifs is 4. The molecule has 418 valence electrons. The minimum Gasteiger partial charge on any atom is -0.381 e. The number of carbonyl (C=O) groups is 5. The Labute approximate surface area is 464 Å². The normalized spacial score (nSPS) is 25.2. The number of imide groups is 1. The van der Waals surface area contributed by atoms with Gasteiger partial charge in [0.1, 0.15) is 17.4 Å². The van der Waals surface area contributed by atoms with Gasteiger partial charge in [0, 0.05) is 81.0 Å². The minimum atomic E-state index is -0.777. The zero-order valence-electron chi connectivity index (χ0n) is 46.0. The van der Waals surface area contributed by atoms with Crippen LogP contribution in [0.5, 0.6) is 0 Å². The van der Waals surface area contributed by atoms with E-state index in [4.69, 9.17) is 9.97 Å². The van der Waals surface area contributed by atoms with E-state index >= 15 is 9.18 Å². The second-order valence-corrected chi connectivity index (χ2v) is 24.1. The van der Waals surface area contributed by atoms with E-state index in [2.05, 4.69) is 57.8 Å². The predicted molar refractivity (Wildman–Crippen MR) is 303 cm³/mol. The van der Waals surface area contributed by atoms with Crippen molar-refractivity contribution in [1.29, 1.82) is 0 Å². The molecule has 0 bridgehead atoms. The van der Waals surface area contributed by atoms with Crippen LogP contribution < -0.4 is 26.5 Å². The van der Waals surface area contributed by atoms with E-state index in [0.717, 1.165) is 72.3 Å². The molecule has 3 aromatic heterocycles. The molecule has 3 aromatic carbocycles. The van der Waals surface area contributed by atoms with E-state index in [1.807, 2.05) is 38.6 Å². The lowest BCUT2D eigenvalue weighted by atomic mass is 9.73. The van der Waals surface area contributed by atoms with Crippen LogP contribution in [0.4, 0.5) is 27.3 Å². The Balaban J connectivity index is 0.682. The van der Waals surface area contributed by atoms with Crippen LogP contribution in [0.1, 0.15) is 121 Å². The zero-order valence-corrected chi connectivity index (χ0v) is 46.0. The van der Waals surface area contributed by atoms with Crippen molar-refractivity contribution in [2.75, 3.05) is 54.8 Å². The predicted octanol–water partition coefficient (Wildman–Crippen LogP) is 7.94. The molecule has 5 amide bonds. The van der Waals surface area contributed by atoms with Crippen molar-refractivity contribution in [3.05, 3.63) is 94.9 Å². The number of pyridine rings is 1. The van der Waals surface area contributed by atoms with Crippen molar-refractivity contribution >= 4 is 74.5 Å². The molecule has 19 heteroatoms. The third-order valence-electron chi connectivity index (χ3n) is 19.1. The van der Waals surface area contributed by atoms with Crippen molar-refractivity contribution in [3.63, 3.8) is 0 Å². The Bertz CT molecular complexity index is 3520. The Kier molecular flexibility index (Phi) is 13.4. The van der Waals surface area contributed by atoms with Gasteiger partial charge in [-0.15, -0.1) is 0 Å². The Morgan fingerprint density at radius 2 is 1.52 bits per heavy atom. The number of amides is 5. The van der Waals surface area contributed by atoms with Gasteiger partial charge in [-0.1, -0.05) is 36.8 Å². The lowest BCUT2D eigenvalue weighted by Crippen LogP contribution is -2.58. The molecule has 0 radical (unpaired) electrons. The quantitative estimate of drug-likeness (QED) is 0.107. The lowest BCUT2D eigenvalue weighted by Gasteiger charge is -2.48. The number of benzene rings is 3. The maximum absolute atomic E-state index is 15.4. The van der Waals surface area contributed by atoms with E-state index in [9.17, 15) is 24.0 Å². The standard InChI is InChI=1S/C61H71FN12O6/c1-36(2)72-35-63-48-33-47(66-55(54(48)72)65-45-11-6-5-10-44(45)62)38-16-19-43-51(30-38)73(42-31-41(32-42)69-25-7-4-8-26-69)59(79)61(43)23-28-70(29-24-61)58(78)39-22-27-71(34-39)57(77)37-14-17-40(18-15-37)64-46-12-9-13-49-53(46)68(3)60(80)74(49)50-20-21-52(75)67-56(50)76/h5-6,9-13,16,19,30,33,35-37,39-42,50,64H,4,7-8,14-15,17-18,20-29,31-32,34H2,1-3H3,(H,65,66)(H,67,75,76)/t37?,39-,40?,41?,42?,50?/m0/s1. The summed E-state index contributed by atoms with van der Waals surface area (Å²) in [5.74, 6) is -0.862. The highest BCUT2D eigenvalue weighted by Crippen LogP contribution is 2.52. The fourth-order valence-corrected chi connectivity index (χ4v) is 14.6. The van der Waals surface area contributed by atoms with Gasteiger partial charge in [-0.2, -0.15) is 0 Å².